The quantitative estimate of drug-likeness (QED) is 0.645. The number of hydrogen-bond acceptors (Lipinski definition) is 4. The van der Waals surface area contributed by atoms with Crippen LogP contribution in [0, 0.1) is 0 Å². The second-order valence-corrected chi connectivity index (χ2v) is 8.54. The van der Waals surface area contributed by atoms with Gasteiger partial charge in [-0.05, 0) is 70.0 Å². The summed E-state index contributed by atoms with van der Waals surface area (Å²) in [6, 6.07) is 13.0. The van der Waals surface area contributed by atoms with Crippen molar-refractivity contribution in [3.8, 4) is 11.1 Å². The van der Waals surface area contributed by atoms with E-state index in [1.165, 1.54) is 6.92 Å². The van der Waals surface area contributed by atoms with Crippen molar-refractivity contribution in [2.24, 2.45) is 0 Å². The standard InChI is InChI=1S/C26H33N3O4/c1-7-27(8-2)25(31)21-11-9-20(10-12-21)22-13-14-23-24(15-22)28(26(32)33-17(3)4)16-18(5)29(23)19(6)30/h9-15,17-18H,7-8,16H2,1-6H3/t18-/m0/s1. The smallest absolute Gasteiger partial charge is 0.414 e. The molecule has 7 nitrogen and oxygen atoms in total. The molecule has 0 aromatic heterocycles. The van der Waals surface area contributed by atoms with Gasteiger partial charge in [-0.3, -0.25) is 14.5 Å². The molecule has 3 amide bonds. The summed E-state index contributed by atoms with van der Waals surface area (Å²) in [6.45, 7) is 12.7. The van der Waals surface area contributed by atoms with Crippen molar-refractivity contribution < 1.29 is 19.1 Å². The van der Waals surface area contributed by atoms with Gasteiger partial charge in [0.2, 0.25) is 5.91 Å². The molecule has 0 N–H and O–H groups in total. The van der Waals surface area contributed by atoms with Crippen LogP contribution in [0.2, 0.25) is 0 Å². The minimum absolute atomic E-state index is 0.00526. The zero-order valence-corrected chi connectivity index (χ0v) is 20.3. The maximum atomic E-state index is 12.8. The monoisotopic (exact) mass is 451 g/mol. The molecule has 1 aliphatic heterocycles. The fraction of sp³-hybridized carbons (Fsp3) is 0.423. The first-order chi connectivity index (χ1) is 15.7. The molecule has 0 unspecified atom stereocenters. The zero-order valence-electron chi connectivity index (χ0n) is 20.3. The predicted octanol–water partition coefficient (Wildman–Crippen LogP) is 4.94. The van der Waals surface area contributed by atoms with Gasteiger partial charge >= 0.3 is 6.09 Å². The van der Waals surface area contributed by atoms with E-state index in [9.17, 15) is 14.4 Å². The van der Waals surface area contributed by atoms with Gasteiger partial charge in [-0.15, -0.1) is 0 Å². The van der Waals surface area contributed by atoms with Crippen molar-refractivity contribution >= 4 is 29.3 Å². The average Bonchev–Trinajstić information content (AvgIpc) is 2.78. The summed E-state index contributed by atoms with van der Waals surface area (Å²) in [6.07, 6.45) is -0.681. The largest absolute Gasteiger partial charge is 0.446 e. The summed E-state index contributed by atoms with van der Waals surface area (Å²) < 4.78 is 5.46. The number of nitrogens with zero attached hydrogens (tertiary/aromatic N) is 3. The van der Waals surface area contributed by atoms with Crippen LogP contribution < -0.4 is 9.80 Å². The van der Waals surface area contributed by atoms with E-state index in [0.29, 0.717) is 36.6 Å². The summed E-state index contributed by atoms with van der Waals surface area (Å²) in [4.78, 5) is 42.9. The van der Waals surface area contributed by atoms with E-state index in [2.05, 4.69) is 0 Å². The van der Waals surface area contributed by atoms with Crippen LogP contribution in [-0.4, -0.2) is 54.6 Å². The Labute approximate surface area is 195 Å². The number of carbonyl (C=O) groups excluding carboxylic acids is 3. The van der Waals surface area contributed by atoms with Gasteiger partial charge in [0.15, 0.2) is 0 Å². The van der Waals surface area contributed by atoms with Gasteiger partial charge in [0.25, 0.3) is 5.91 Å². The Bertz CT molecular complexity index is 1030. The molecule has 1 atom stereocenters. The van der Waals surface area contributed by atoms with Crippen molar-refractivity contribution in [3.63, 3.8) is 0 Å². The molecule has 0 saturated heterocycles. The van der Waals surface area contributed by atoms with E-state index in [-0.39, 0.29) is 24.0 Å². The molecular weight excluding hydrogens is 418 g/mol. The van der Waals surface area contributed by atoms with Crippen LogP contribution >= 0.6 is 0 Å². The topological polar surface area (TPSA) is 70.2 Å². The van der Waals surface area contributed by atoms with E-state index >= 15 is 0 Å². The first-order valence-electron chi connectivity index (χ1n) is 11.5. The highest BCUT2D eigenvalue weighted by Gasteiger charge is 2.34. The number of anilines is 2. The molecule has 33 heavy (non-hydrogen) atoms. The van der Waals surface area contributed by atoms with Crippen LogP contribution in [0.4, 0.5) is 16.2 Å². The SMILES string of the molecule is CCN(CC)C(=O)c1ccc(-c2ccc3c(c2)N(C(=O)OC(C)C)C[C@H](C)N3C(C)=O)cc1. The molecule has 176 valence electrons. The summed E-state index contributed by atoms with van der Waals surface area (Å²) in [5.74, 6) is -0.0710. The first-order valence-corrected chi connectivity index (χ1v) is 11.5. The molecular formula is C26H33N3O4. The molecule has 0 bridgehead atoms. The summed E-state index contributed by atoms with van der Waals surface area (Å²) in [7, 11) is 0. The molecule has 0 saturated carbocycles. The Morgan fingerprint density at radius 2 is 1.61 bits per heavy atom. The second kappa shape index (κ2) is 10.1. The highest BCUT2D eigenvalue weighted by molar-refractivity contribution is 6.03. The van der Waals surface area contributed by atoms with E-state index in [4.69, 9.17) is 4.74 Å². The Morgan fingerprint density at radius 1 is 1.00 bits per heavy atom. The lowest BCUT2D eigenvalue weighted by molar-refractivity contribution is -0.117. The summed E-state index contributed by atoms with van der Waals surface area (Å²) in [5, 5.41) is 0. The minimum Gasteiger partial charge on any atom is -0.446 e. The number of rotatable bonds is 5. The number of fused-ring (bicyclic) bond motifs is 1. The maximum absolute atomic E-state index is 12.8. The molecule has 0 radical (unpaired) electrons. The number of ether oxygens (including phenoxy) is 1. The Kier molecular flexibility index (Phi) is 7.41. The molecule has 0 aliphatic carbocycles. The third-order valence-corrected chi connectivity index (χ3v) is 5.83. The molecule has 3 rings (SSSR count). The predicted molar refractivity (Wildman–Crippen MR) is 131 cm³/mol. The third-order valence-electron chi connectivity index (χ3n) is 5.83. The van der Waals surface area contributed by atoms with E-state index in [1.807, 2.05) is 77.1 Å². The van der Waals surface area contributed by atoms with Crippen molar-refractivity contribution in [1.82, 2.24) is 4.90 Å². The lowest BCUT2D eigenvalue weighted by atomic mass is 9.99. The van der Waals surface area contributed by atoms with E-state index in [1.54, 1.807) is 14.7 Å². The van der Waals surface area contributed by atoms with Crippen LogP contribution in [0.5, 0.6) is 0 Å². The molecule has 2 aromatic rings. The number of hydrogen-bond donors (Lipinski definition) is 0. The number of carbonyl (C=O) groups is 3. The van der Waals surface area contributed by atoms with Crippen molar-refractivity contribution in [1.29, 1.82) is 0 Å². The van der Waals surface area contributed by atoms with Crippen LogP contribution in [0.15, 0.2) is 42.5 Å². The van der Waals surface area contributed by atoms with Crippen LogP contribution in [0.3, 0.4) is 0 Å². The van der Waals surface area contributed by atoms with Crippen LogP contribution in [0.1, 0.15) is 51.9 Å². The van der Waals surface area contributed by atoms with Crippen LogP contribution in [-0.2, 0) is 9.53 Å². The van der Waals surface area contributed by atoms with Gasteiger partial charge in [-0.25, -0.2) is 4.79 Å². The Hall–Kier alpha value is -3.35. The van der Waals surface area contributed by atoms with Crippen molar-refractivity contribution in [2.45, 2.75) is 53.7 Å². The Morgan fingerprint density at radius 3 is 2.15 bits per heavy atom. The fourth-order valence-corrected chi connectivity index (χ4v) is 4.22. The van der Waals surface area contributed by atoms with Gasteiger partial charge in [0.05, 0.1) is 23.5 Å². The molecule has 0 fully saturated rings. The highest BCUT2D eigenvalue weighted by atomic mass is 16.6. The van der Waals surface area contributed by atoms with Gasteiger partial charge < -0.3 is 14.5 Å². The van der Waals surface area contributed by atoms with Crippen molar-refractivity contribution in [3.05, 3.63) is 48.0 Å². The van der Waals surface area contributed by atoms with E-state index < -0.39 is 6.09 Å². The van der Waals surface area contributed by atoms with Gasteiger partial charge in [0, 0.05) is 32.1 Å². The van der Waals surface area contributed by atoms with Crippen molar-refractivity contribution in [2.75, 3.05) is 29.4 Å². The molecule has 1 aliphatic rings. The second-order valence-electron chi connectivity index (χ2n) is 8.54. The van der Waals surface area contributed by atoms with Crippen LogP contribution in [0.25, 0.3) is 11.1 Å². The van der Waals surface area contributed by atoms with Gasteiger partial charge in [0.1, 0.15) is 0 Å². The number of benzene rings is 2. The zero-order chi connectivity index (χ0) is 24.3. The number of amides is 3. The lowest BCUT2D eigenvalue weighted by Gasteiger charge is -2.40. The van der Waals surface area contributed by atoms with Gasteiger partial charge in [-0.1, -0.05) is 18.2 Å². The Balaban J connectivity index is 2.00. The molecule has 7 heteroatoms. The average molecular weight is 452 g/mol. The molecule has 2 aromatic carbocycles. The maximum Gasteiger partial charge on any atom is 0.414 e. The van der Waals surface area contributed by atoms with E-state index in [0.717, 1.165) is 11.1 Å². The summed E-state index contributed by atoms with van der Waals surface area (Å²) >= 11 is 0. The summed E-state index contributed by atoms with van der Waals surface area (Å²) in [5.41, 5.74) is 3.75. The normalized spacial score (nSPS) is 15.3. The minimum atomic E-state index is -0.432. The molecule has 0 spiro atoms. The molecule has 1 heterocycles. The lowest BCUT2D eigenvalue weighted by Crippen LogP contribution is -2.51. The van der Waals surface area contributed by atoms with Gasteiger partial charge in [-0.2, -0.15) is 0 Å². The third kappa shape index (κ3) is 5.02. The fourth-order valence-electron chi connectivity index (χ4n) is 4.22. The first kappa shape index (κ1) is 24.3. The highest BCUT2D eigenvalue weighted by Crippen LogP contribution is 2.39.